The fourth-order valence-corrected chi connectivity index (χ4v) is 1.79. The highest BCUT2D eigenvalue weighted by molar-refractivity contribution is 9.11. The van der Waals surface area contributed by atoms with Crippen molar-refractivity contribution in [2.75, 3.05) is 38.8 Å². The maximum atomic E-state index is 5.26. The van der Waals surface area contributed by atoms with Crippen LogP contribution in [0.3, 0.4) is 0 Å². The molecule has 7 heteroatoms. The number of hydrogen-bond donors (Lipinski definition) is 1. The quantitative estimate of drug-likeness (QED) is 0.766. The van der Waals surface area contributed by atoms with Crippen molar-refractivity contribution < 1.29 is 9.47 Å². The molecular formula is C7H12BrN3O2S. The minimum absolute atomic E-state index is 0.623. The van der Waals surface area contributed by atoms with Gasteiger partial charge in [-0.15, -0.1) is 10.2 Å². The molecular weight excluding hydrogens is 270 g/mol. The van der Waals surface area contributed by atoms with E-state index in [0.717, 1.165) is 15.6 Å². The Morgan fingerprint density at radius 1 is 1.36 bits per heavy atom. The summed E-state index contributed by atoms with van der Waals surface area (Å²) in [6.45, 7) is 2.62. The highest BCUT2D eigenvalue weighted by atomic mass is 79.9. The zero-order valence-electron chi connectivity index (χ0n) is 7.83. The molecule has 0 aliphatic heterocycles. The van der Waals surface area contributed by atoms with E-state index in [4.69, 9.17) is 9.47 Å². The average molecular weight is 282 g/mol. The van der Waals surface area contributed by atoms with Crippen LogP contribution in [0, 0.1) is 0 Å². The second-order valence-electron chi connectivity index (χ2n) is 2.39. The second kappa shape index (κ2) is 7.10. The lowest BCUT2D eigenvalue weighted by Gasteiger charge is -2.03. The molecule has 0 fully saturated rings. The number of nitrogens with zero attached hydrogens (tertiary/aromatic N) is 2. The van der Waals surface area contributed by atoms with Gasteiger partial charge in [-0.3, -0.25) is 0 Å². The summed E-state index contributed by atoms with van der Waals surface area (Å²) in [7, 11) is 1.65. The number of halogens is 1. The third-order valence-electron chi connectivity index (χ3n) is 1.35. The van der Waals surface area contributed by atoms with E-state index in [0.29, 0.717) is 19.8 Å². The van der Waals surface area contributed by atoms with Crippen LogP contribution in [-0.4, -0.2) is 43.7 Å². The first-order chi connectivity index (χ1) is 6.83. The third kappa shape index (κ3) is 4.85. The molecule has 1 N–H and O–H groups in total. The van der Waals surface area contributed by atoms with Crippen LogP contribution < -0.4 is 5.32 Å². The van der Waals surface area contributed by atoms with Gasteiger partial charge < -0.3 is 14.8 Å². The largest absolute Gasteiger partial charge is 0.382 e. The van der Waals surface area contributed by atoms with Crippen LogP contribution >= 0.6 is 27.3 Å². The van der Waals surface area contributed by atoms with Crippen LogP contribution in [0.4, 0.5) is 5.13 Å². The van der Waals surface area contributed by atoms with E-state index < -0.39 is 0 Å². The lowest BCUT2D eigenvalue weighted by molar-refractivity contribution is 0.0759. The van der Waals surface area contributed by atoms with Crippen LogP contribution in [0.1, 0.15) is 0 Å². The third-order valence-corrected chi connectivity index (χ3v) is 2.67. The summed E-state index contributed by atoms with van der Waals surface area (Å²) >= 11 is 4.69. The van der Waals surface area contributed by atoms with Crippen LogP contribution in [-0.2, 0) is 9.47 Å². The fourth-order valence-electron chi connectivity index (χ4n) is 0.751. The molecule has 0 unspecified atom stereocenters. The van der Waals surface area contributed by atoms with E-state index in [9.17, 15) is 0 Å². The van der Waals surface area contributed by atoms with E-state index in [1.54, 1.807) is 7.11 Å². The standard InChI is InChI=1S/C7H12BrN3O2S/c1-12-4-5-13-3-2-9-7-11-10-6(8)14-7/h2-5H2,1H3,(H,9,11). The molecule has 0 amide bonds. The zero-order chi connectivity index (χ0) is 10.2. The molecule has 0 spiro atoms. The molecule has 1 heterocycles. The molecule has 0 aliphatic carbocycles. The molecule has 1 aromatic rings. The summed E-state index contributed by atoms with van der Waals surface area (Å²) in [6.07, 6.45) is 0. The molecule has 0 saturated carbocycles. The minimum Gasteiger partial charge on any atom is -0.382 e. The molecule has 80 valence electrons. The van der Waals surface area contributed by atoms with Gasteiger partial charge in [0.25, 0.3) is 0 Å². The number of ether oxygens (including phenoxy) is 2. The lowest BCUT2D eigenvalue weighted by atomic mass is 10.7. The summed E-state index contributed by atoms with van der Waals surface area (Å²) in [5.41, 5.74) is 0. The molecule has 5 nitrogen and oxygen atoms in total. The van der Waals surface area contributed by atoms with E-state index in [-0.39, 0.29) is 0 Å². The van der Waals surface area contributed by atoms with Gasteiger partial charge in [-0.05, 0) is 15.9 Å². The Labute approximate surface area is 94.9 Å². The van der Waals surface area contributed by atoms with Crippen LogP contribution in [0.15, 0.2) is 3.92 Å². The predicted octanol–water partition coefficient (Wildman–Crippen LogP) is 1.38. The maximum Gasteiger partial charge on any atom is 0.206 e. The van der Waals surface area contributed by atoms with Crippen molar-refractivity contribution in [1.29, 1.82) is 0 Å². The van der Waals surface area contributed by atoms with Gasteiger partial charge in [0.2, 0.25) is 5.13 Å². The van der Waals surface area contributed by atoms with Gasteiger partial charge >= 0.3 is 0 Å². The molecule has 1 rings (SSSR count). The van der Waals surface area contributed by atoms with E-state index in [1.165, 1.54) is 11.3 Å². The van der Waals surface area contributed by atoms with Crippen molar-refractivity contribution in [1.82, 2.24) is 10.2 Å². The Hall–Kier alpha value is -0.240. The molecule has 0 bridgehead atoms. The van der Waals surface area contributed by atoms with Gasteiger partial charge in [0.05, 0.1) is 19.8 Å². The second-order valence-corrected chi connectivity index (χ2v) is 4.65. The van der Waals surface area contributed by atoms with E-state index in [2.05, 4.69) is 31.4 Å². The predicted molar refractivity (Wildman–Crippen MR) is 58.8 cm³/mol. The molecule has 14 heavy (non-hydrogen) atoms. The van der Waals surface area contributed by atoms with Gasteiger partial charge in [0, 0.05) is 13.7 Å². The first kappa shape index (κ1) is 11.8. The first-order valence-corrected chi connectivity index (χ1v) is 5.73. The Kier molecular flexibility index (Phi) is 6.00. The van der Waals surface area contributed by atoms with Gasteiger partial charge in [-0.2, -0.15) is 0 Å². The number of anilines is 1. The maximum absolute atomic E-state index is 5.26. The smallest absolute Gasteiger partial charge is 0.206 e. The lowest BCUT2D eigenvalue weighted by Crippen LogP contribution is -2.11. The molecule has 0 saturated heterocycles. The van der Waals surface area contributed by atoms with Crippen LogP contribution in [0.5, 0.6) is 0 Å². The van der Waals surface area contributed by atoms with Crippen molar-refractivity contribution in [3.05, 3.63) is 3.92 Å². The molecule has 0 radical (unpaired) electrons. The SMILES string of the molecule is COCCOCCNc1nnc(Br)s1. The Morgan fingerprint density at radius 3 is 2.86 bits per heavy atom. The van der Waals surface area contributed by atoms with Crippen LogP contribution in [0.25, 0.3) is 0 Å². The number of nitrogens with one attached hydrogen (secondary N) is 1. The summed E-state index contributed by atoms with van der Waals surface area (Å²) in [4.78, 5) is 0. The molecule has 0 aromatic carbocycles. The normalized spacial score (nSPS) is 10.4. The number of hydrogen-bond acceptors (Lipinski definition) is 6. The van der Waals surface area contributed by atoms with Gasteiger partial charge in [0.1, 0.15) is 0 Å². The molecule has 0 atom stereocenters. The van der Waals surface area contributed by atoms with Crippen molar-refractivity contribution in [3.63, 3.8) is 0 Å². The van der Waals surface area contributed by atoms with Crippen LogP contribution in [0.2, 0.25) is 0 Å². The van der Waals surface area contributed by atoms with Crippen molar-refractivity contribution in [2.24, 2.45) is 0 Å². The summed E-state index contributed by atoms with van der Waals surface area (Å²) in [6, 6.07) is 0. The van der Waals surface area contributed by atoms with Crippen molar-refractivity contribution in [3.8, 4) is 0 Å². The number of rotatable bonds is 7. The monoisotopic (exact) mass is 281 g/mol. The van der Waals surface area contributed by atoms with Crippen molar-refractivity contribution >= 4 is 32.4 Å². The summed E-state index contributed by atoms with van der Waals surface area (Å²) < 4.78 is 10.9. The Balaban J connectivity index is 1.99. The Morgan fingerprint density at radius 2 is 2.21 bits per heavy atom. The Bertz CT molecular complexity index is 259. The molecule has 0 aliphatic rings. The van der Waals surface area contributed by atoms with Gasteiger partial charge in [-0.25, -0.2) is 0 Å². The van der Waals surface area contributed by atoms with E-state index >= 15 is 0 Å². The first-order valence-electron chi connectivity index (χ1n) is 4.12. The molecule has 1 aromatic heterocycles. The summed E-state index contributed by atoms with van der Waals surface area (Å²) in [5, 5.41) is 11.6. The van der Waals surface area contributed by atoms with Crippen molar-refractivity contribution in [2.45, 2.75) is 0 Å². The van der Waals surface area contributed by atoms with Gasteiger partial charge in [0.15, 0.2) is 3.92 Å². The topological polar surface area (TPSA) is 56.3 Å². The highest BCUT2D eigenvalue weighted by Gasteiger charge is 1.98. The summed E-state index contributed by atoms with van der Waals surface area (Å²) in [5.74, 6) is 0. The number of aromatic nitrogens is 2. The van der Waals surface area contributed by atoms with Gasteiger partial charge in [-0.1, -0.05) is 11.3 Å². The number of methoxy groups -OCH3 is 1. The highest BCUT2D eigenvalue weighted by Crippen LogP contribution is 2.19. The average Bonchev–Trinajstić information content (AvgIpc) is 2.58. The zero-order valence-corrected chi connectivity index (χ0v) is 10.2. The fraction of sp³-hybridized carbons (Fsp3) is 0.714. The minimum atomic E-state index is 0.623. The van der Waals surface area contributed by atoms with E-state index in [1.807, 2.05) is 0 Å².